The number of nitrogens with zero attached hydrogens (tertiary/aromatic N) is 4. The van der Waals surface area contributed by atoms with E-state index in [4.69, 9.17) is 14.2 Å². The summed E-state index contributed by atoms with van der Waals surface area (Å²) in [6.07, 6.45) is 3.67. The van der Waals surface area contributed by atoms with Gasteiger partial charge in [-0.05, 0) is 31.7 Å². The Hall–Kier alpha value is -3.58. The number of aliphatic hydroxyl groups excluding tert-OH is 1. The van der Waals surface area contributed by atoms with E-state index in [1.165, 1.54) is 4.90 Å². The Labute approximate surface area is 283 Å². The van der Waals surface area contributed by atoms with Crippen LogP contribution in [0.1, 0.15) is 44.3 Å². The first-order chi connectivity index (χ1) is 23.2. The van der Waals surface area contributed by atoms with E-state index in [0.717, 1.165) is 13.1 Å². The highest BCUT2D eigenvalue weighted by Crippen LogP contribution is 2.59. The fraction of sp³-hybridized carbons (Fsp3) is 0.611. The van der Waals surface area contributed by atoms with Crippen molar-refractivity contribution >= 4 is 23.7 Å². The first-order valence-corrected chi connectivity index (χ1v) is 17.1. The second kappa shape index (κ2) is 15.8. The fourth-order valence-corrected chi connectivity index (χ4v) is 7.88. The third-order valence-electron chi connectivity index (χ3n) is 10.5. The predicted molar refractivity (Wildman–Crippen MR) is 177 cm³/mol. The van der Waals surface area contributed by atoms with Crippen molar-refractivity contribution in [3.63, 3.8) is 0 Å². The molecule has 5 rings (SSSR count). The quantitative estimate of drug-likeness (QED) is 0.208. The van der Waals surface area contributed by atoms with E-state index >= 15 is 0 Å². The van der Waals surface area contributed by atoms with Crippen molar-refractivity contribution in [2.75, 3.05) is 66.1 Å². The molecule has 4 saturated heterocycles. The van der Waals surface area contributed by atoms with Gasteiger partial charge in [0.1, 0.15) is 17.7 Å². The lowest BCUT2D eigenvalue weighted by Crippen LogP contribution is -2.57. The smallest absolute Gasteiger partial charge is 0.313 e. The molecule has 4 fully saturated rings. The molecular weight excluding hydrogens is 616 g/mol. The molecule has 4 aliphatic heterocycles. The van der Waals surface area contributed by atoms with Crippen LogP contribution >= 0.6 is 0 Å². The first kappa shape index (κ1) is 35.7. The van der Waals surface area contributed by atoms with Crippen LogP contribution in [0.4, 0.5) is 0 Å². The zero-order valence-electron chi connectivity index (χ0n) is 28.2. The number of allylic oxidation sites excluding steroid dienone is 1. The van der Waals surface area contributed by atoms with Gasteiger partial charge in [-0.25, -0.2) is 0 Å². The molecule has 2 bridgehead atoms. The number of rotatable bonds is 16. The van der Waals surface area contributed by atoms with Crippen molar-refractivity contribution in [2.45, 2.75) is 62.5 Å². The average molecular weight is 667 g/mol. The normalized spacial score (nSPS) is 27.6. The topological polar surface area (TPSA) is 129 Å². The van der Waals surface area contributed by atoms with Crippen LogP contribution in [0.2, 0.25) is 0 Å². The van der Waals surface area contributed by atoms with Crippen molar-refractivity contribution < 1.29 is 38.5 Å². The van der Waals surface area contributed by atoms with Gasteiger partial charge in [0.25, 0.3) is 0 Å². The molecule has 3 amide bonds. The Bertz CT molecular complexity index is 1340. The zero-order chi connectivity index (χ0) is 34.4. The summed E-state index contributed by atoms with van der Waals surface area (Å²) in [5, 5.41) is 10.00. The second-order valence-corrected chi connectivity index (χ2v) is 13.2. The van der Waals surface area contributed by atoms with Gasteiger partial charge in [0, 0.05) is 52.7 Å². The Morgan fingerprint density at radius 2 is 1.88 bits per heavy atom. The van der Waals surface area contributed by atoms with Gasteiger partial charge in [0.2, 0.25) is 17.7 Å². The molecule has 0 saturated carbocycles. The molecule has 1 aromatic carbocycles. The Morgan fingerprint density at radius 1 is 1.15 bits per heavy atom. The van der Waals surface area contributed by atoms with Crippen LogP contribution in [0.3, 0.4) is 0 Å². The summed E-state index contributed by atoms with van der Waals surface area (Å²) < 4.78 is 18.3. The van der Waals surface area contributed by atoms with Gasteiger partial charge in [-0.3, -0.25) is 24.1 Å². The molecule has 1 N–H and O–H groups in total. The zero-order valence-corrected chi connectivity index (χ0v) is 28.2. The summed E-state index contributed by atoms with van der Waals surface area (Å²) in [7, 11) is 1.69. The highest BCUT2D eigenvalue weighted by Gasteiger charge is 2.75. The summed E-state index contributed by atoms with van der Waals surface area (Å²) in [4.78, 5) is 62.8. The van der Waals surface area contributed by atoms with Gasteiger partial charge in [-0.15, -0.1) is 13.2 Å². The van der Waals surface area contributed by atoms with E-state index in [2.05, 4.69) is 18.1 Å². The number of ether oxygens (including phenoxy) is 3. The Balaban J connectivity index is 1.40. The predicted octanol–water partition coefficient (Wildman–Crippen LogP) is 1.80. The summed E-state index contributed by atoms with van der Waals surface area (Å²) in [6, 6.07) is 7.73. The maximum absolute atomic E-state index is 14.4. The van der Waals surface area contributed by atoms with E-state index in [0.29, 0.717) is 51.1 Å². The standard InChI is InChI=1S/C36H50N4O8/c1-5-7-13-28(42)37(4)25(3)31(26-11-9-8-10-12-26)47-35(45)29-27-14-15-36(48-27)30(29)33(43)40(19-22-41)32(36)34(44)39(16-6-2)18-17-38-20-23-46-24-21-38/h5-6,8-12,25,27,29-32,41H,1-2,7,13-24H2,3-4H3/t25-,27-,29+,30+,31+,32-,36+/m1/s1. The minimum Gasteiger partial charge on any atom is -0.455 e. The van der Waals surface area contributed by atoms with Crippen molar-refractivity contribution in [3.05, 3.63) is 61.2 Å². The van der Waals surface area contributed by atoms with E-state index < -0.39 is 47.7 Å². The third kappa shape index (κ3) is 6.94. The van der Waals surface area contributed by atoms with Crippen LogP contribution in [-0.2, 0) is 33.4 Å². The third-order valence-corrected chi connectivity index (χ3v) is 10.5. The number of β-amino-alcohol motifs (C(OH)–C–C–N with tert-alkyl or cyclic N) is 1. The maximum Gasteiger partial charge on any atom is 0.313 e. The molecule has 4 heterocycles. The van der Waals surface area contributed by atoms with Crippen molar-refractivity contribution in [3.8, 4) is 0 Å². The fourth-order valence-electron chi connectivity index (χ4n) is 7.88. The van der Waals surface area contributed by atoms with Gasteiger partial charge in [0.15, 0.2) is 0 Å². The highest BCUT2D eigenvalue weighted by atomic mass is 16.6. The van der Waals surface area contributed by atoms with E-state index in [-0.39, 0.29) is 43.8 Å². The minimum absolute atomic E-state index is 0.0596. The Morgan fingerprint density at radius 3 is 2.54 bits per heavy atom. The van der Waals surface area contributed by atoms with Crippen LogP contribution in [-0.4, -0.2) is 138 Å². The molecule has 1 aromatic rings. The number of aliphatic hydroxyl groups is 1. The number of fused-ring (bicyclic) bond motifs is 1. The molecule has 12 heteroatoms. The molecule has 1 spiro atoms. The number of likely N-dealkylation sites (N-methyl/N-ethyl adjacent to an activating group) is 1. The van der Waals surface area contributed by atoms with Crippen LogP contribution in [0.5, 0.6) is 0 Å². The number of hydrogen-bond donors (Lipinski definition) is 1. The number of amides is 3. The first-order valence-electron chi connectivity index (χ1n) is 17.1. The molecule has 0 radical (unpaired) electrons. The molecule has 12 nitrogen and oxygen atoms in total. The number of likely N-dealkylation sites (tertiary alicyclic amines) is 1. The SMILES string of the molecule is C=CCCC(=O)N(C)[C@H](C)[C@H](OC(=O)[C@@H]1[C@H]2C(=O)N(CCO)[C@H](C(=O)N(CC=C)CCN3CCOCC3)[C@]23CC[C@H]1O3)c1ccccc1. The number of esters is 1. The molecular formula is C36H50N4O8. The lowest BCUT2D eigenvalue weighted by atomic mass is 9.70. The molecule has 0 unspecified atom stereocenters. The largest absolute Gasteiger partial charge is 0.455 e. The van der Waals surface area contributed by atoms with Gasteiger partial charge in [-0.2, -0.15) is 0 Å². The van der Waals surface area contributed by atoms with Gasteiger partial charge >= 0.3 is 5.97 Å². The van der Waals surface area contributed by atoms with Gasteiger partial charge in [-0.1, -0.05) is 42.5 Å². The number of carbonyl (C=O) groups is 4. The number of hydrogen-bond acceptors (Lipinski definition) is 9. The number of carbonyl (C=O) groups excluding carboxylic acids is 4. The van der Waals surface area contributed by atoms with Crippen molar-refractivity contribution in [1.29, 1.82) is 0 Å². The maximum atomic E-state index is 14.4. The highest BCUT2D eigenvalue weighted by molar-refractivity contribution is 5.98. The summed E-state index contributed by atoms with van der Waals surface area (Å²) >= 11 is 0. The monoisotopic (exact) mass is 666 g/mol. The lowest BCUT2D eigenvalue weighted by Gasteiger charge is -2.37. The van der Waals surface area contributed by atoms with E-state index in [9.17, 15) is 24.3 Å². The molecule has 0 aromatic heterocycles. The van der Waals surface area contributed by atoms with Crippen LogP contribution in [0, 0.1) is 11.8 Å². The van der Waals surface area contributed by atoms with Crippen molar-refractivity contribution in [2.24, 2.45) is 11.8 Å². The summed E-state index contributed by atoms with van der Waals surface area (Å²) in [5.41, 5.74) is -0.505. The van der Waals surface area contributed by atoms with Crippen LogP contribution in [0.15, 0.2) is 55.6 Å². The minimum atomic E-state index is -1.22. The summed E-state index contributed by atoms with van der Waals surface area (Å²) in [5.74, 6) is -3.25. The van der Waals surface area contributed by atoms with E-state index in [1.54, 1.807) is 29.0 Å². The summed E-state index contributed by atoms with van der Waals surface area (Å²) in [6.45, 7) is 13.2. The van der Waals surface area contributed by atoms with Crippen LogP contribution < -0.4 is 0 Å². The molecule has 7 atom stereocenters. The average Bonchev–Trinajstić information content (AvgIpc) is 3.75. The van der Waals surface area contributed by atoms with Gasteiger partial charge in [0.05, 0.1) is 43.8 Å². The molecule has 48 heavy (non-hydrogen) atoms. The second-order valence-electron chi connectivity index (χ2n) is 13.2. The van der Waals surface area contributed by atoms with E-state index in [1.807, 2.05) is 37.3 Å². The molecule has 4 aliphatic rings. The number of morpholine rings is 1. The molecule has 262 valence electrons. The molecule has 0 aliphatic carbocycles. The van der Waals surface area contributed by atoms with Crippen molar-refractivity contribution in [1.82, 2.24) is 19.6 Å². The Kier molecular flexibility index (Phi) is 11.7. The lowest BCUT2D eigenvalue weighted by molar-refractivity contribution is -0.164. The van der Waals surface area contributed by atoms with Crippen LogP contribution in [0.25, 0.3) is 0 Å². The van der Waals surface area contributed by atoms with Gasteiger partial charge < -0.3 is 34.0 Å². The number of benzene rings is 1.